The van der Waals surface area contributed by atoms with E-state index in [9.17, 15) is 0 Å². The second kappa shape index (κ2) is 5.48. The standard InChI is InChI=1S/C16H16N4/c1-12-15(17-13-8-4-2-5-9-13)16(20-19-12)18-14-10-6-3-7-11-14/h2-11,17H,1H3,(H2,18,19,20). The molecule has 0 radical (unpaired) electrons. The van der Waals surface area contributed by atoms with E-state index in [2.05, 4.69) is 20.8 Å². The van der Waals surface area contributed by atoms with Gasteiger partial charge in [-0.3, -0.25) is 5.10 Å². The molecule has 0 saturated heterocycles. The number of para-hydroxylation sites is 2. The number of H-pyrrole nitrogens is 1. The number of nitrogens with zero attached hydrogens (tertiary/aromatic N) is 1. The topological polar surface area (TPSA) is 52.7 Å². The number of aryl methyl sites for hydroxylation is 1. The quantitative estimate of drug-likeness (QED) is 0.661. The number of aromatic amines is 1. The second-order valence-corrected chi connectivity index (χ2v) is 4.55. The zero-order chi connectivity index (χ0) is 13.8. The third kappa shape index (κ3) is 2.64. The molecule has 100 valence electrons. The van der Waals surface area contributed by atoms with Gasteiger partial charge in [-0.05, 0) is 31.2 Å². The van der Waals surface area contributed by atoms with Crippen LogP contribution >= 0.6 is 0 Å². The van der Waals surface area contributed by atoms with E-state index in [4.69, 9.17) is 0 Å². The third-order valence-corrected chi connectivity index (χ3v) is 3.03. The van der Waals surface area contributed by atoms with Crippen molar-refractivity contribution >= 4 is 22.9 Å². The fraction of sp³-hybridized carbons (Fsp3) is 0.0625. The van der Waals surface area contributed by atoms with Gasteiger partial charge >= 0.3 is 0 Å². The molecular formula is C16H16N4. The summed E-state index contributed by atoms with van der Waals surface area (Å²) in [6.07, 6.45) is 0. The van der Waals surface area contributed by atoms with Gasteiger partial charge in [-0.2, -0.15) is 5.10 Å². The number of hydrogen-bond acceptors (Lipinski definition) is 3. The highest BCUT2D eigenvalue weighted by molar-refractivity contribution is 5.77. The second-order valence-electron chi connectivity index (χ2n) is 4.55. The molecule has 0 amide bonds. The van der Waals surface area contributed by atoms with Crippen LogP contribution in [-0.4, -0.2) is 10.2 Å². The minimum atomic E-state index is 0.789. The summed E-state index contributed by atoms with van der Waals surface area (Å²) in [4.78, 5) is 0. The van der Waals surface area contributed by atoms with Gasteiger partial charge in [0, 0.05) is 11.4 Å². The van der Waals surface area contributed by atoms with E-state index >= 15 is 0 Å². The Bertz CT molecular complexity index is 674. The minimum Gasteiger partial charge on any atom is -0.351 e. The lowest BCUT2D eigenvalue weighted by Crippen LogP contribution is -1.96. The smallest absolute Gasteiger partial charge is 0.176 e. The van der Waals surface area contributed by atoms with Gasteiger partial charge in [0.2, 0.25) is 0 Å². The highest BCUT2D eigenvalue weighted by atomic mass is 15.2. The maximum absolute atomic E-state index is 4.31. The summed E-state index contributed by atoms with van der Waals surface area (Å²) < 4.78 is 0. The number of rotatable bonds is 4. The first-order chi connectivity index (χ1) is 9.83. The summed E-state index contributed by atoms with van der Waals surface area (Å²) in [7, 11) is 0. The van der Waals surface area contributed by atoms with Crippen LogP contribution in [0.15, 0.2) is 60.7 Å². The molecule has 4 nitrogen and oxygen atoms in total. The fourth-order valence-corrected chi connectivity index (χ4v) is 2.00. The number of anilines is 4. The van der Waals surface area contributed by atoms with Crippen molar-refractivity contribution in [3.05, 3.63) is 66.4 Å². The molecule has 1 aromatic heterocycles. The van der Waals surface area contributed by atoms with E-state index in [1.54, 1.807) is 0 Å². The van der Waals surface area contributed by atoms with Crippen molar-refractivity contribution in [2.45, 2.75) is 6.92 Å². The maximum Gasteiger partial charge on any atom is 0.176 e. The first kappa shape index (κ1) is 12.3. The molecule has 0 bridgehead atoms. The van der Waals surface area contributed by atoms with Crippen molar-refractivity contribution < 1.29 is 0 Å². The summed E-state index contributed by atoms with van der Waals surface area (Å²) in [5.74, 6) is 0.789. The molecule has 0 unspecified atom stereocenters. The van der Waals surface area contributed by atoms with Gasteiger partial charge in [-0.1, -0.05) is 36.4 Å². The predicted octanol–water partition coefficient (Wildman–Crippen LogP) is 4.21. The molecule has 0 spiro atoms. The van der Waals surface area contributed by atoms with Gasteiger partial charge in [0.15, 0.2) is 5.82 Å². The van der Waals surface area contributed by atoms with Crippen molar-refractivity contribution in [1.82, 2.24) is 10.2 Å². The monoisotopic (exact) mass is 264 g/mol. The number of hydrogen-bond donors (Lipinski definition) is 3. The molecule has 0 saturated carbocycles. The van der Waals surface area contributed by atoms with Crippen molar-refractivity contribution in [3.8, 4) is 0 Å². The highest BCUT2D eigenvalue weighted by Gasteiger charge is 2.10. The van der Waals surface area contributed by atoms with Crippen LogP contribution in [0.2, 0.25) is 0 Å². The maximum atomic E-state index is 4.31. The van der Waals surface area contributed by atoms with Crippen LogP contribution < -0.4 is 10.6 Å². The zero-order valence-corrected chi connectivity index (χ0v) is 11.2. The van der Waals surface area contributed by atoms with Gasteiger partial charge in [0.05, 0.1) is 5.69 Å². The van der Waals surface area contributed by atoms with E-state index in [0.29, 0.717) is 0 Å². The lowest BCUT2D eigenvalue weighted by Gasteiger charge is -2.09. The summed E-state index contributed by atoms with van der Waals surface area (Å²) in [6.45, 7) is 1.99. The van der Waals surface area contributed by atoms with Crippen molar-refractivity contribution in [3.63, 3.8) is 0 Å². The van der Waals surface area contributed by atoms with Gasteiger partial charge < -0.3 is 10.6 Å². The SMILES string of the molecule is Cc1[nH]nc(Nc2ccccc2)c1Nc1ccccc1. The highest BCUT2D eigenvalue weighted by Crippen LogP contribution is 2.28. The van der Waals surface area contributed by atoms with Crippen LogP contribution in [-0.2, 0) is 0 Å². The molecule has 3 rings (SSSR count). The van der Waals surface area contributed by atoms with Crippen LogP contribution in [0.3, 0.4) is 0 Å². The molecule has 0 fully saturated rings. The normalized spacial score (nSPS) is 10.2. The molecule has 0 atom stereocenters. The van der Waals surface area contributed by atoms with Crippen LogP contribution in [0.5, 0.6) is 0 Å². The Kier molecular flexibility index (Phi) is 3.37. The number of nitrogens with one attached hydrogen (secondary N) is 3. The van der Waals surface area contributed by atoms with E-state index < -0.39 is 0 Å². The van der Waals surface area contributed by atoms with Crippen molar-refractivity contribution in [1.29, 1.82) is 0 Å². The Labute approximate surface area is 117 Å². The molecule has 1 heterocycles. The molecule has 0 aliphatic carbocycles. The fourth-order valence-electron chi connectivity index (χ4n) is 2.00. The zero-order valence-electron chi connectivity index (χ0n) is 11.2. The van der Waals surface area contributed by atoms with Gasteiger partial charge in [0.1, 0.15) is 5.69 Å². The first-order valence-electron chi connectivity index (χ1n) is 6.52. The first-order valence-corrected chi connectivity index (χ1v) is 6.52. The summed E-state index contributed by atoms with van der Waals surface area (Å²) >= 11 is 0. The minimum absolute atomic E-state index is 0.789. The Balaban J connectivity index is 1.86. The van der Waals surface area contributed by atoms with E-state index in [-0.39, 0.29) is 0 Å². The Morgan fingerprint density at radius 2 is 1.35 bits per heavy atom. The van der Waals surface area contributed by atoms with Crippen LogP contribution in [0.1, 0.15) is 5.69 Å². The van der Waals surface area contributed by atoms with E-state index in [1.807, 2.05) is 67.6 Å². The summed E-state index contributed by atoms with van der Waals surface area (Å²) in [6, 6.07) is 20.0. The Hall–Kier alpha value is -2.75. The summed E-state index contributed by atoms with van der Waals surface area (Å²) in [5.41, 5.74) is 4.00. The van der Waals surface area contributed by atoms with E-state index in [0.717, 1.165) is 28.6 Å². The van der Waals surface area contributed by atoms with E-state index in [1.165, 1.54) is 0 Å². The molecule has 3 N–H and O–H groups in total. The molecule has 0 aliphatic heterocycles. The molecule has 3 aromatic rings. The van der Waals surface area contributed by atoms with Gasteiger partial charge in [0.25, 0.3) is 0 Å². The van der Waals surface area contributed by atoms with Crippen LogP contribution in [0.4, 0.5) is 22.9 Å². The molecule has 20 heavy (non-hydrogen) atoms. The van der Waals surface area contributed by atoms with Gasteiger partial charge in [-0.15, -0.1) is 0 Å². The Morgan fingerprint density at radius 1 is 0.800 bits per heavy atom. The summed E-state index contributed by atoms with van der Waals surface area (Å²) in [5, 5.41) is 14.0. The Morgan fingerprint density at radius 3 is 1.95 bits per heavy atom. The molecule has 4 heteroatoms. The van der Waals surface area contributed by atoms with Crippen LogP contribution in [0.25, 0.3) is 0 Å². The average molecular weight is 264 g/mol. The van der Waals surface area contributed by atoms with Gasteiger partial charge in [-0.25, -0.2) is 0 Å². The van der Waals surface area contributed by atoms with Crippen molar-refractivity contribution in [2.75, 3.05) is 10.6 Å². The predicted molar refractivity (Wildman–Crippen MR) is 82.8 cm³/mol. The van der Waals surface area contributed by atoms with Crippen LogP contribution in [0, 0.1) is 6.92 Å². The van der Waals surface area contributed by atoms with Crippen molar-refractivity contribution in [2.24, 2.45) is 0 Å². The molecule has 2 aromatic carbocycles. The largest absolute Gasteiger partial charge is 0.351 e. The third-order valence-electron chi connectivity index (χ3n) is 3.03. The number of aromatic nitrogens is 2. The lowest BCUT2D eigenvalue weighted by molar-refractivity contribution is 1.05. The lowest BCUT2D eigenvalue weighted by atomic mass is 10.3. The molecular weight excluding hydrogens is 248 g/mol. The molecule has 0 aliphatic rings. The number of benzene rings is 2. The average Bonchev–Trinajstić information content (AvgIpc) is 2.83.